The third-order valence-corrected chi connectivity index (χ3v) is 22.4. The molecule has 6 heterocycles. The van der Waals surface area contributed by atoms with Crippen molar-refractivity contribution in [1.29, 1.82) is 0 Å². The zero-order valence-corrected chi connectivity index (χ0v) is 36.3. The van der Waals surface area contributed by atoms with E-state index >= 15 is 0 Å². The van der Waals surface area contributed by atoms with Crippen LogP contribution in [-0.2, 0) is 31.9 Å². The number of thiol groups is 1. The zero-order valence-electron chi connectivity index (χ0n) is 32.6. The van der Waals surface area contributed by atoms with Crippen LogP contribution >= 0.6 is 19.0 Å². The van der Waals surface area contributed by atoms with E-state index in [1.54, 1.807) is 9.13 Å². The molecule has 4 unspecified atom stereocenters. The molecule has 0 radical (unpaired) electrons. The first-order valence-electron chi connectivity index (χ1n) is 18.1. The number of anilines is 1. The highest BCUT2D eigenvalue weighted by Gasteiger charge is 2.80. The largest absolute Gasteiger partial charge is 0.408 e. The molecule has 1 aliphatic carbocycles. The summed E-state index contributed by atoms with van der Waals surface area (Å²) in [6.07, 6.45) is -0.978. The smallest absolute Gasteiger partial charge is 0.387 e. The van der Waals surface area contributed by atoms with Crippen molar-refractivity contribution in [2.75, 3.05) is 12.3 Å². The second-order valence-electron chi connectivity index (χ2n) is 17.5. The summed E-state index contributed by atoms with van der Waals surface area (Å²) < 4.78 is 58.0. The van der Waals surface area contributed by atoms with Gasteiger partial charge in [-0.15, -0.1) is 0 Å². The summed E-state index contributed by atoms with van der Waals surface area (Å²) in [5.41, 5.74) is 4.72. The summed E-state index contributed by atoms with van der Waals surface area (Å²) >= 11 is 4.45. The Morgan fingerprint density at radius 1 is 0.927 bits per heavy atom. The molecule has 0 spiro atoms. The third-order valence-electron chi connectivity index (χ3n) is 11.9. The van der Waals surface area contributed by atoms with Crippen LogP contribution in [0.15, 0.2) is 42.1 Å². The number of nitrogens with zero attached hydrogens (tertiary/aromatic N) is 7. The van der Waals surface area contributed by atoms with Crippen LogP contribution in [0.1, 0.15) is 54.0 Å². The average Bonchev–Trinajstić information content (AvgIpc) is 3.66. The number of aliphatic hydroxyl groups is 2. The van der Waals surface area contributed by atoms with E-state index in [9.17, 15) is 19.6 Å². The van der Waals surface area contributed by atoms with Gasteiger partial charge in [-0.25, -0.2) is 24.5 Å². The van der Waals surface area contributed by atoms with Crippen molar-refractivity contribution in [2.24, 2.45) is 0 Å². The van der Waals surface area contributed by atoms with Crippen LogP contribution in [0.3, 0.4) is 0 Å². The van der Waals surface area contributed by atoms with Crippen molar-refractivity contribution in [2.45, 2.75) is 132 Å². The van der Waals surface area contributed by atoms with Crippen LogP contribution in [-0.4, -0.2) is 109 Å². The monoisotopic (exact) mass is 838 g/mol. The van der Waals surface area contributed by atoms with E-state index in [2.05, 4.69) is 73.7 Å². The molecule has 2 aliphatic heterocycles. The Kier molecular flexibility index (Phi) is 9.99. The fourth-order valence-corrected chi connectivity index (χ4v) is 11.1. The molecule has 3 aliphatic rings. The van der Waals surface area contributed by atoms with Gasteiger partial charge in [0, 0.05) is 24.7 Å². The molecule has 0 bridgehead atoms. The summed E-state index contributed by atoms with van der Waals surface area (Å²) in [5.74, 6) is 0.409. The first-order chi connectivity index (χ1) is 25.4. The Morgan fingerprint density at radius 2 is 1.60 bits per heavy atom. The van der Waals surface area contributed by atoms with Gasteiger partial charge >= 0.3 is 6.80 Å². The van der Waals surface area contributed by atoms with Gasteiger partial charge in [0.15, 0.2) is 46.2 Å². The van der Waals surface area contributed by atoms with Crippen LogP contribution in [0.4, 0.5) is 5.82 Å². The maximum Gasteiger partial charge on any atom is 0.387 e. The molecule has 18 nitrogen and oxygen atoms in total. The lowest BCUT2D eigenvalue weighted by Crippen LogP contribution is -2.51. The van der Waals surface area contributed by atoms with Crippen molar-refractivity contribution < 1.29 is 42.2 Å². The molecule has 55 heavy (non-hydrogen) atoms. The van der Waals surface area contributed by atoms with Crippen molar-refractivity contribution >= 4 is 58.4 Å². The maximum absolute atomic E-state index is 14.5. The van der Waals surface area contributed by atoms with Gasteiger partial charge in [-0.2, -0.15) is 0 Å². The number of nitrogen functional groups attached to an aromatic ring is 1. The predicted octanol–water partition coefficient (Wildman–Crippen LogP) is 4.04. The Labute approximate surface area is 325 Å². The van der Waals surface area contributed by atoms with E-state index < -0.39 is 84.7 Å². The van der Waals surface area contributed by atoms with Crippen LogP contribution < -0.4 is 11.3 Å². The Balaban J connectivity index is 1.22. The third kappa shape index (κ3) is 6.86. The Hall–Kier alpha value is -2.54. The molecule has 4 aromatic heterocycles. The normalized spacial score (nSPS) is 31.3. The molecule has 4 N–H and O–H groups in total. The Morgan fingerprint density at radius 3 is 2.25 bits per heavy atom. The van der Waals surface area contributed by atoms with Gasteiger partial charge in [0.2, 0.25) is 5.78 Å². The van der Waals surface area contributed by atoms with E-state index in [4.69, 9.17) is 33.1 Å². The molecule has 22 heteroatoms. The number of aromatic nitrogens is 7. The number of hydrogen-bond acceptors (Lipinski definition) is 15. The number of fused-ring (bicyclic) bond motifs is 3. The van der Waals surface area contributed by atoms with Gasteiger partial charge in [0.05, 0.1) is 12.9 Å². The second kappa shape index (κ2) is 13.5. The van der Waals surface area contributed by atoms with Gasteiger partial charge in [-0.1, -0.05) is 53.8 Å². The SMILES string of the molecule is CC(C)(C)[Si](C)(C)OC1[C@@H](OP(=O)(S)OC2[C@H]3O[C@@H](n4cnc5c(N)ncnc54)C(O[Si](C)(C)C(C)(C)C)[C@@]23O)[C@H](n2ccc(=O)n3ccnc23)O[C@@H]1CO. The van der Waals surface area contributed by atoms with Gasteiger partial charge in [0.1, 0.15) is 48.5 Å². The summed E-state index contributed by atoms with van der Waals surface area (Å²) in [6.45, 7) is 15.7. The van der Waals surface area contributed by atoms with E-state index in [1.165, 1.54) is 41.7 Å². The Bertz CT molecular complexity index is 2210. The van der Waals surface area contributed by atoms with Gasteiger partial charge in [-0.05, 0) is 36.3 Å². The fourth-order valence-electron chi connectivity index (χ4n) is 6.66. The highest BCUT2D eigenvalue weighted by atomic mass is 32.7. The maximum atomic E-state index is 14.5. The van der Waals surface area contributed by atoms with Crippen molar-refractivity contribution in [3.63, 3.8) is 0 Å². The van der Waals surface area contributed by atoms with E-state index in [0.717, 1.165) is 0 Å². The molecular weight excluding hydrogens is 788 g/mol. The fraction of sp³-hybridized carbons (Fsp3) is 0.667. The van der Waals surface area contributed by atoms with E-state index in [-0.39, 0.29) is 27.2 Å². The highest BCUT2D eigenvalue weighted by Crippen LogP contribution is 2.66. The molecule has 0 amide bonds. The summed E-state index contributed by atoms with van der Waals surface area (Å²) in [7, 11) is -5.19. The van der Waals surface area contributed by atoms with Crippen molar-refractivity contribution in [1.82, 2.24) is 33.5 Å². The first-order valence-corrected chi connectivity index (χ1v) is 26.6. The van der Waals surface area contributed by atoms with Gasteiger partial charge < -0.3 is 34.3 Å². The summed E-state index contributed by atoms with van der Waals surface area (Å²) in [6, 6.07) is 1.34. The number of imidazole rings is 2. The quantitative estimate of drug-likeness (QED) is 0.0951. The first kappa shape index (κ1) is 40.7. The standard InChI is InChI=1S/C33H51N8O10PSSi2/c1-31(2,3)54(7,8)50-21-18(15-42)46-28(40-13-11-19(43)39-14-12-35-30(39)40)22(21)48-52(45,53)49-24-23-33(24,44)25(51-55(9,10)32(4,5)6)29(47-23)41-17-38-20-26(34)36-16-37-27(20)41/h11-14,16-18,21-25,28-29,42,44H,15H2,1-10H3,(H,45,53)(H2,34,36,37)/t18-,21?,22-,23-,24?,25?,28-,29-,33+,52?/m1/s1. The molecule has 2 saturated heterocycles. The molecule has 3 fully saturated rings. The second-order valence-corrected chi connectivity index (χ2v) is 29.9. The number of rotatable bonds is 11. The van der Waals surface area contributed by atoms with Crippen LogP contribution in [0, 0.1) is 0 Å². The summed E-state index contributed by atoms with van der Waals surface area (Å²) in [5, 5.41) is 22.4. The number of hydrogen-bond donors (Lipinski definition) is 4. The summed E-state index contributed by atoms with van der Waals surface area (Å²) in [4.78, 5) is 29.8. The minimum absolute atomic E-state index is 0.186. The molecule has 10 atom stereocenters. The molecule has 7 rings (SSSR count). The lowest BCUT2D eigenvalue weighted by Gasteiger charge is -2.41. The number of aliphatic hydroxyl groups excluding tert-OH is 1. The lowest BCUT2D eigenvalue weighted by atomic mass is 10.1. The van der Waals surface area contributed by atoms with Gasteiger partial charge in [-0.3, -0.25) is 27.4 Å². The predicted molar refractivity (Wildman–Crippen MR) is 210 cm³/mol. The van der Waals surface area contributed by atoms with E-state index in [1.807, 2.05) is 26.2 Å². The average molecular weight is 839 g/mol. The molecule has 0 aromatic carbocycles. The van der Waals surface area contributed by atoms with Crippen molar-refractivity contribution in [3.05, 3.63) is 47.7 Å². The number of nitrogens with two attached hydrogens (primary N) is 1. The van der Waals surface area contributed by atoms with E-state index in [0.29, 0.717) is 11.2 Å². The van der Waals surface area contributed by atoms with Crippen LogP contribution in [0.25, 0.3) is 16.9 Å². The molecule has 302 valence electrons. The highest BCUT2D eigenvalue weighted by molar-refractivity contribution is 8.44. The topological polar surface area (TPSA) is 222 Å². The number of ether oxygens (including phenoxy) is 2. The minimum atomic E-state index is -4.44. The lowest BCUT2D eigenvalue weighted by molar-refractivity contribution is -0.0866. The molecular formula is C33H51N8O10PSSi2. The minimum Gasteiger partial charge on any atom is -0.408 e. The van der Waals surface area contributed by atoms with Gasteiger partial charge in [0.25, 0.3) is 5.56 Å². The van der Waals surface area contributed by atoms with Crippen molar-refractivity contribution in [3.8, 4) is 0 Å². The van der Waals surface area contributed by atoms with Crippen LogP contribution in [0.2, 0.25) is 36.3 Å². The molecule has 1 saturated carbocycles. The molecule has 4 aromatic rings. The zero-order chi connectivity index (χ0) is 40.3. The van der Waals surface area contributed by atoms with Crippen LogP contribution in [0.5, 0.6) is 0 Å².